The van der Waals surface area contributed by atoms with E-state index in [1.165, 1.54) is 12.8 Å². The van der Waals surface area contributed by atoms with Crippen LogP contribution in [0.5, 0.6) is 0 Å². The lowest BCUT2D eigenvalue weighted by atomic mass is 9.82. The molecule has 0 aromatic heterocycles. The number of ether oxygens (including phenoxy) is 1. The van der Waals surface area contributed by atoms with Crippen LogP contribution in [0.2, 0.25) is 0 Å². The van der Waals surface area contributed by atoms with Gasteiger partial charge in [-0.05, 0) is 36.5 Å². The molecule has 0 radical (unpaired) electrons. The van der Waals surface area contributed by atoms with E-state index in [2.05, 4.69) is 17.4 Å². The van der Waals surface area contributed by atoms with Gasteiger partial charge < -0.3 is 21.0 Å². The number of hydrogen-bond acceptors (Lipinski definition) is 4. The van der Waals surface area contributed by atoms with E-state index in [1.54, 1.807) is 0 Å². The van der Waals surface area contributed by atoms with Crippen LogP contribution in [-0.4, -0.2) is 37.3 Å². The maximum absolute atomic E-state index is 8.62. The van der Waals surface area contributed by atoms with Crippen LogP contribution in [0.15, 0.2) is 5.16 Å². The minimum absolute atomic E-state index is 0.248. The molecule has 0 bridgehead atoms. The summed E-state index contributed by atoms with van der Waals surface area (Å²) in [7, 11) is 0. The number of nitrogens with two attached hydrogens (primary N) is 1. The standard InChI is InChI=1S/C13H25N3O2/c1-12(4-6-18-7-5-12)9-15-10-13(2-3-13)8-11(14)16-17/h15,17H,2-10H2,1H3,(H2,14,16). The third kappa shape index (κ3) is 3.59. The Labute approximate surface area is 109 Å². The van der Waals surface area contributed by atoms with Gasteiger partial charge in [-0.1, -0.05) is 12.1 Å². The summed E-state index contributed by atoms with van der Waals surface area (Å²) in [6, 6.07) is 0. The fraction of sp³-hybridized carbons (Fsp3) is 0.923. The molecule has 2 rings (SSSR count). The Balaban J connectivity index is 1.71. The minimum Gasteiger partial charge on any atom is -0.409 e. The van der Waals surface area contributed by atoms with Crippen LogP contribution in [0.3, 0.4) is 0 Å². The predicted molar refractivity (Wildman–Crippen MR) is 70.7 cm³/mol. The van der Waals surface area contributed by atoms with E-state index in [9.17, 15) is 0 Å². The van der Waals surface area contributed by atoms with Crippen molar-refractivity contribution in [1.82, 2.24) is 5.32 Å². The van der Waals surface area contributed by atoms with Crippen molar-refractivity contribution in [3.63, 3.8) is 0 Å². The van der Waals surface area contributed by atoms with Crippen molar-refractivity contribution >= 4 is 5.84 Å². The third-order valence-corrected chi connectivity index (χ3v) is 4.39. The van der Waals surface area contributed by atoms with E-state index in [-0.39, 0.29) is 5.41 Å². The van der Waals surface area contributed by atoms with E-state index in [0.29, 0.717) is 17.7 Å². The SMILES string of the molecule is CC1(CNCC2(CC(N)=NO)CC2)CCOCC1. The molecular formula is C13H25N3O2. The Kier molecular flexibility index (Phi) is 4.12. The number of nitrogens with one attached hydrogen (secondary N) is 1. The number of hydrogen-bond donors (Lipinski definition) is 3. The highest BCUT2D eigenvalue weighted by Gasteiger charge is 2.43. The molecule has 5 heteroatoms. The first-order valence-corrected chi connectivity index (χ1v) is 6.83. The van der Waals surface area contributed by atoms with Crippen LogP contribution < -0.4 is 11.1 Å². The number of amidine groups is 1. The fourth-order valence-electron chi connectivity index (χ4n) is 2.68. The molecule has 18 heavy (non-hydrogen) atoms. The summed E-state index contributed by atoms with van der Waals surface area (Å²) >= 11 is 0. The lowest BCUT2D eigenvalue weighted by molar-refractivity contribution is 0.0237. The zero-order chi connectivity index (χ0) is 13.1. The van der Waals surface area contributed by atoms with Crippen molar-refractivity contribution in [2.75, 3.05) is 26.3 Å². The largest absolute Gasteiger partial charge is 0.409 e. The third-order valence-electron chi connectivity index (χ3n) is 4.39. The number of oxime groups is 1. The van der Waals surface area contributed by atoms with E-state index < -0.39 is 0 Å². The van der Waals surface area contributed by atoms with Gasteiger partial charge >= 0.3 is 0 Å². The van der Waals surface area contributed by atoms with Crippen LogP contribution in [-0.2, 0) is 4.74 Å². The molecule has 1 aliphatic heterocycles. The van der Waals surface area contributed by atoms with Crippen molar-refractivity contribution in [2.24, 2.45) is 21.7 Å². The molecule has 0 unspecified atom stereocenters. The Morgan fingerprint density at radius 2 is 1.94 bits per heavy atom. The van der Waals surface area contributed by atoms with Gasteiger partial charge in [0.25, 0.3) is 0 Å². The Bertz CT molecular complexity index is 307. The van der Waals surface area contributed by atoms with Gasteiger partial charge in [0.2, 0.25) is 0 Å². The van der Waals surface area contributed by atoms with Crippen LogP contribution in [0.25, 0.3) is 0 Å². The van der Waals surface area contributed by atoms with Gasteiger partial charge in [-0.15, -0.1) is 0 Å². The van der Waals surface area contributed by atoms with Crippen molar-refractivity contribution < 1.29 is 9.94 Å². The lowest BCUT2D eigenvalue weighted by Gasteiger charge is -2.34. The lowest BCUT2D eigenvalue weighted by Crippen LogP contribution is -2.39. The van der Waals surface area contributed by atoms with Crippen LogP contribution in [0.4, 0.5) is 0 Å². The van der Waals surface area contributed by atoms with E-state index in [1.807, 2.05) is 0 Å². The highest BCUT2D eigenvalue weighted by molar-refractivity contribution is 5.80. The zero-order valence-corrected chi connectivity index (χ0v) is 11.2. The van der Waals surface area contributed by atoms with Crippen LogP contribution in [0, 0.1) is 10.8 Å². The second-order valence-electron chi connectivity index (χ2n) is 6.29. The second kappa shape index (κ2) is 5.45. The van der Waals surface area contributed by atoms with Crippen molar-refractivity contribution in [3.8, 4) is 0 Å². The molecular weight excluding hydrogens is 230 g/mol. The van der Waals surface area contributed by atoms with Gasteiger partial charge in [0, 0.05) is 32.7 Å². The molecule has 1 aliphatic carbocycles. The molecule has 0 aromatic rings. The molecule has 0 atom stereocenters. The molecule has 5 nitrogen and oxygen atoms in total. The highest BCUT2D eigenvalue weighted by atomic mass is 16.5. The number of nitrogens with zero attached hydrogens (tertiary/aromatic N) is 1. The summed E-state index contributed by atoms with van der Waals surface area (Å²) in [5, 5.41) is 15.3. The zero-order valence-electron chi connectivity index (χ0n) is 11.2. The number of rotatable bonds is 6. The summed E-state index contributed by atoms with van der Waals surface area (Å²) in [5.41, 5.74) is 6.21. The molecule has 2 aliphatic rings. The Morgan fingerprint density at radius 3 is 2.50 bits per heavy atom. The van der Waals surface area contributed by atoms with Gasteiger partial charge in [0.1, 0.15) is 5.84 Å². The summed E-state index contributed by atoms with van der Waals surface area (Å²) in [6.07, 6.45) is 5.32. The molecule has 2 fully saturated rings. The maximum atomic E-state index is 8.62. The Hall–Kier alpha value is -0.810. The summed E-state index contributed by atoms with van der Waals surface area (Å²) < 4.78 is 5.40. The first-order chi connectivity index (χ1) is 8.58. The van der Waals surface area contributed by atoms with Gasteiger partial charge in [0.05, 0.1) is 0 Å². The summed E-state index contributed by atoms with van der Waals surface area (Å²) in [5.74, 6) is 0.353. The maximum Gasteiger partial charge on any atom is 0.139 e. The first-order valence-electron chi connectivity index (χ1n) is 6.83. The predicted octanol–water partition coefficient (Wildman–Crippen LogP) is 1.31. The van der Waals surface area contributed by atoms with E-state index in [0.717, 1.165) is 39.1 Å². The first kappa shape index (κ1) is 13.6. The van der Waals surface area contributed by atoms with E-state index >= 15 is 0 Å². The van der Waals surface area contributed by atoms with Gasteiger partial charge in [-0.3, -0.25) is 0 Å². The van der Waals surface area contributed by atoms with Gasteiger partial charge in [-0.25, -0.2) is 0 Å². The molecule has 1 saturated carbocycles. The Morgan fingerprint density at radius 1 is 1.28 bits per heavy atom. The average molecular weight is 255 g/mol. The van der Waals surface area contributed by atoms with E-state index in [4.69, 9.17) is 15.7 Å². The van der Waals surface area contributed by atoms with Crippen molar-refractivity contribution in [3.05, 3.63) is 0 Å². The fourth-order valence-corrected chi connectivity index (χ4v) is 2.68. The minimum atomic E-state index is 0.248. The summed E-state index contributed by atoms with van der Waals surface area (Å²) in [4.78, 5) is 0. The smallest absolute Gasteiger partial charge is 0.139 e. The average Bonchev–Trinajstić information content (AvgIpc) is 3.09. The molecule has 0 amide bonds. The van der Waals surface area contributed by atoms with Crippen LogP contribution >= 0.6 is 0 Å². The van der Waals surface area contributed by atoms with Gasteiger partial charge in [-0.2, -0.15) is 0 Å². The molecule has 4 N–H and O–H groups in total. The van der Waals surface area contributed by atoms with Gasteiger partial charge in [0.15, 0.2) is 0 Å². The molecule has 1 saturated heterocycles. The van der Waals surface area contributed by atoms with Crippen molar-refractivity contribution in [1.29, 1.82) is 0 Å². The highest BCUT2D eigenvalue weighted by Crippen LogP contribution is 2.48. The second-order valence-corrected chi connectivity index (χ2v) is 6.29. The normalized spacial score (nSPS) is 25.9. The topological polar surface area (TPSA) is 79.9 Å². The molecule has 0 spiro atoms. The summed E-state index contributed by atoms with van der Waals surface area (Å²) in [6.45, 7) is 6.10. The monoisotopic (exact) mass is 255 g/mol. The van der Waals surface area contributed by atoms with Crippen molar-refractivity contribution in [2.45, 2.75) is 39.0 Å². The van der Waals surface area contributed by atoms with Crippen LogP contribution in [0.1, 0.15) is 39.0 Å². The molecule has 1 heterocycles. The quantitative estimate of drug-likeness (QED) is 0.289. The molecule has 0 aromatic carbocycles. The molecule has 104 valence electrons.